The predicted octanol–water partition coefficient (Wildman–Crippen LogP) is 4.02. The van der Waals surface area contributed by atoms with Gasteiger partial charge in [-0.05, 0) is 28.8 Å². The van der Waals surface area contributed by atoms with Crippen molar-refractivity contribution in [1.29, 1.82) is 0 Å². The molecule has 0 unspecified atom stereocenters. The van der Waals surface area contributed by atoms with Gasteiger partial charge in [-0.2, -0.15) is 0 Å². The summed E-state index contributed by atoms with van der Waals surface area (Å²) in [5, 5.41) is 2.53. The maximum absolute atomic E-state index is 11.3. The van der Waals surface area contributed by atoms with Gasteiger partial charge in [-0.15, -0.1) is 0 Å². The number of ketones is 1. The molecule has 0 heterocycles. The molecule has 1 nitrogen and oxygen atoms in total. The van der Waals surface area contributed by atoms with E-state index in [2.05, 4.69) is 55.5 Å². The van der Waals surface area contributed by atoms with E-state index in [1.54, 1.807) is 6.08 Å². The molecule has 1 aliphatic rings. The molecule has 0 bridgehead atoms. The van der Waals surface area contributed by atoms with E-state index < -0.39 is 0 Å². The molecule has 0 saturated heterocycles. The smallest absolute Gasteiger partial charge is 0.155 e. The topological polar surface area (TPSA) is 17.1 Å². The van der Waals surface area contributed by atoms with Crippen molar-refractivity contribution in [2.24, 2.45) is 0 Å². The van der Waals surface area contributed by atoms with Gasteiger partial charge < -0.3 is 0 Å². The Balaban J connectivity index is 2.09. The Hall–Kier alpha value is -1.89. The summed E-state index contributed by atoms with van der Waals surface area (Å²) >= 11 is 0. The van der Waals surface area contributed by atoms with Gasteiger partial charge in [0.05, 0.1) is 0 Å². The van der Waals surface area contributed by atoms with Crippen molar-refractivity contribution < 1.29 is 4.79 Å². The fourth-order valence-electron chi connectivity index (χ4n) is 2.61. The van der Waals surface area contributed by atoms with Gasteiger partial charge in [-0.1, -0.05) is 55.5 Å². The van der Waals surface area contributed by atoms with Gasteiger partial charge in [0, 0.05) is 11.8 Å². The third-order valence-electron chi connectivity index (χ3n) is 3.94. The Morgan fingerprint density at radius 3 is 2.56 bits per heavy atom. The van der Waals surface area contributed by atoms with E-state index in [0.717, 1.165) is 6.42 Å². The molecule has 0 saturated carbocycles. The SMILES string of the molecule is C[C@]1(c2ccc3ccccc3c2)C=CC(=O)CC1. The van der Waals surface area contributed by atoms with Crippen LogP contribution >= 0.6 is 0 Å². The molecule has 0 aliphatic heterocycles. The molecule has 0 N–H and O–H groups in total. The second-order valence-corrected chi connectivity index (χ2v) is 5.28. The van der Waals surface area contributed by atoms with Crippen LogP contribution in [0.5, 0.6) is 0 Å². The summed E-state index contributed by atoms with van der Waals surface area (Å²) < 4.78 is 0. The van der Waals surface area contributed by atoms with Gasteiger partial charge >= 0.3 is 0 Å². The molecular weight excluding hydrogens is 220 g/mol. The lowest BCUT2D eigenvalue weighted by molar-refractivity contribution is -0.115. The first-order valence-corrected chi connectivity index (χ1v) is 6.39. The van der Waals surface area contributed by atoms with E-state index in [4.69, 9.17) is 0 Å². The third-order valence-corrected chi connectivity index (χ3v) is 3.94. The highest BCUT2D eigenvalue weighted by Gasteiger charge is 2.27. The van der Waals surface area contributed by atoms with Gasteiger partial charge in [0.25, 0.3) is 0 Å². The normalized spacial score (nSPS) is 23.5. The summed E-state index contributed by atoms with van der Waals surface area (Å²) in [7, 11) is 0. The Kier molecular flexibility index (Phi) is 2.55. The number of hydrogen-bond acceptors (Lipinski definition) is 1. The Labute approximate surface area is 107 Å². The van der Waals surface area contributed by atoms with Crippen LogP contribution in [0.25, 0.3) is 10.8 Å². The second kappa shape index (κ2) is 4.09. The van der Waals surface area contributed by atoms with E-state index in [-0.39, 0.29) is 11.2 Å². The number of rotatable bonds is 1. The monoisotopic (exact) mass is 236 g/mol. The van der Waals surface area contributed by atoms with Crippen LogP contribution in [-0.2, 0) is 10.2 Å². The van der Waals surface area contributed by atoms with Crippen LogP contribution < -0.4 is 0 Å². The van der Waals surface area contributed by atoms with Gasteiger partial charge in [0.2, 0.25) is 0 Å². The van der Waals surface area contributed by atoms with Crippen molar-refractivity contribution in [3.05, 3.63) is 60.2 Å². The van der Waals surface area contributed by atoms with Crippen LogP contribution in [0.4, 0.5) is 0 Å². The van der Waals surface area contributed by atoms with Gasteiger partial charge in [-0.3, -0.25) is 4.79 Å². The molecule has 90 valence electrons. The maximum atomic E-state index is 11.3. The summed E-state index contributed by atoms with van der Waals surface area (Å²) in [5.41, 5.74) is 1.29. The molecule has 0 radical (unpaired) electrons. The summed E-state index contributed by atoms with van der Waals surface area (Å²) in [6, 6.07) is 15.0. The minimum absolute atomic E-state index is 0.00204. The zero-order valence-corrected chi connectivity index (χ0v) is 10.5. The average Bonchev–Trinajstić information content (AvgIpc) is 2.42. The minimum Gasteiger partial charge on any atom is -0.295 e. The van der Waals surface area contributed by atoms with Crippen molar-refractivity contribution in [1.82, 2.24) is 0 Å². The highest BCUT2D eigenvalue weighted by Crippen LogP contribution is 2.35. The van der Waals surface area contributed by atoms with E-state index in [9.17, 15) is 4.79 Å². The summed E-state index contributed by atoms with van der Waals surface area (Å²) in [4.78, 5) is 11.3. The Bertz CT molecular complexity index is 639. The number of allylic oxidation sites excluding steroid dienone is 2. The molecule has 2 aromatic rings. The standard InChI is InChI=1S/C17H16O/c1-17(10-8-16(18)9-11-17)15-7-6-13-4-2-3-5-14(13)12-15/h2-8,10,12H,9,11H2,1H3/t17-/m0/s1. The van der Waals surface area contributed by atoms with Crippen molar-refractivity contribution in [2.45, 2.75) is 25.2 Å². The van der Waals surface area contributed by atoms with E-state index in [0.29, 0.717) is 6.42 Å². The van der Waals surface area contributed by atoms with Gasteiger partial charge in [0.1, 0.15) is 0 Å². The first kappa shape index (κ1) is 11.2. The first-order chi connectivity index (χ1) is 8.67. The van der Waals surface area contributed by atoms with Crippen LogP contribution in [0.1, 0.15) is 25.3 Å². The van der Waals surface area contributed by atoms with Gasteiger partial charge in [0.15, 0.2) is 5.78 Å². The van der Waals surface area contributed by atoms with E-state index >= 15 is 0 Å². The third kappa shape index (κ3) is 1.86. The molecule has 18 heavy (non-hydrogen) atoms. The van der Waals surface area contributed by atoms with Crippen molar-refractivity contribution in [2.75, 3.05) is 0 Å². The zero-order valence-electron chi connectivity index (χ0n) is 10.5. The highest BCUT2D eigenvalue weighted by atomic mass is 16.1. The first-order valence-electron chi connectivity index (χ1n) is 6.39. The van der Waals surface area contributed by atoms with Gasteiger partial charge in [-0.25, -0.2) is 0 Å². The molecule has 1 aliphatic carbocycles. The van der Waals surface area contributed by atoms with Crippen LogP contribution in [0.3, 0.4) is 0 Å². The van der Waals surface area contributed by atoms with Crippen molar-refractivity contribution in [3.8, 4) is 0 Å². The molecule has 3 rings (SSSR count). The number of benzene rings is 2. The molecule has 1 heteroatoms. The van der Waals surface area contributed by atoms with E-state index in [1.165, 1.54) is 16.3 Å². The number of carbonyl (C=O) groups excluding carboxylic acids is 1. The number of carbonyl (C=O) groups is 1. The van der Waals surface area contributed by atoms with Crippen LogP contribution in [0.15, 0.2) is 54.6 Å². The zero-order chi connectivity index (χ0) is 12.6. The molecule has 2 aromatic carbocycles. The lowest BCUT2D eigenvalue weighted by Crippen LogP contribution is -2.23. The minimum atomic E-state index is -0.00204. The quantitative estimate of drug-likeness (QED) is 0.731. The van der Waals surface area contributed by atoms with Crippen LogP contribution in [-0.4, -0.2) is 5.78 Å². The molecule has 0 spiro atoms. The molecule has 0 amide bonds. The average molecular weight is 236 g/mol. The van der Waals surface area contributed by atoms with Crippen molar-refractivity contribution in [3.63, 3.8) is 0 Å². The molecule has 1 atom stereocenters. The summed E-state index contributed by atoms with van der Waals surface area (Å²) in [6.45, 7) is 2.21. The summed E-state index contributed by atoms with van der Waals surface area (Å²) in [6.07, 6.45) is 5.35. The van der Waals surface area contributed by atoms with Crippen LogP contribution in [0, 0.1) is 0 Å². The fourth-order valence-corrected chi connectivity index (χ4v) is 2.61. The fraction of sp³-hybridized carbons (Fsp3) is 0.235. The van der Waals surface area contributed by atoms with Crippen LogP contribution in [0.2, 0.25) is 0 Å². The largest absolute Gasteiger partial charge is 0.295 e. The molecular formula is C17H16O. The second-order valence-electron chi connectivity index (χ2n) is 5.28. The predicted molar refractivity (Wildman–Crippen MR) is 74.7 cm³/mol. The number of hydrogen-bond donors (Lipinski definition) is 0. The van der Waals surface area contributed by atoms with E-state index in [1.807, 2.05) is 0 Å². The molecule has 0 aromatic heterocycles. The van der Waals surface area contributed by atoms with Crippen molar-refractivity contribution >= 4 is 16.6 Å². The highest BCUT2D eigenvalue weighted by molar-refractivity contribution is 5.91. The Morgan fingerprint density at radius 2 is 1.83 bits per heavy atom. The maximum Gasteiger partial charge on any atom is 0.155 e. The lowest BCUT2D eigenvalue weighted by atomic mass is 9.74. The lowest BCUT2D eigenvalue weighted by Gasteiger charge is -2.29. The number of fused-ring (bicyclic) bond motifs is 1. The summed E-state index contributed by atoms with van der Waals surface area (Å²) in [5.74, 6) is 0.244. The molecule has 0 fully saturated rings. The Morgan fingerprint density at radius 1 is 1.06 bits per heavy atom.